The molecule has 0 saturated heterocycles. The number of rotatable bonds is 7. The summed E-state index contributed by atoms with van der Waals surface area (Å²) in [6.07, 6.45) is 0.498. The molecule has 0 aliphatic carbocycles. The van der Waals surface area contributed by atoms with E-state index in [-0.39, 0.29) is 11.8 Å². The fraction of sp³-hybridized carbons (Fsp3) is 0.409. The van der Waals surface area contributed by atoms with Crippen molar-refractivity contribution in [2.24, 2.45) is 0 Å². The number of aromatic amines is 1. The molecule has 156 valence electrons. The predicted octanol–water partition coefficient (Wildman–Crippen LogP) is 3.86. The molecule has 1 aromatic heterocycles. The maximum absolute atomic E-state index is 12.4. The van der Waals surface area contributed by atoms with Gasteiger partial charge >= 0.3 is 11.9 Å². The molecule has 29 heavy (non-hydrogen) atoms. The summed E-state index contributed by atoms with van der Waals surface area (Å²) in [6, 6.07) is 5.78. The molecule has 1 heterocycles. The molecule has 0 radical (unpaired) electrons. The predicted molar refractivity (Wildman–Crippen MR) is 110 cm³/mol. The first-order valence-electron chi connectivity index (χ1n) is 9.61. The number of nitrogens with one attached hydrogen (secondary N) is 2. The molecule has 1 aromatic carbocycles. The van der Waals surface area contributed by atoms with Crippen LogP contribution < -0.4 is 5.32 Å². The molecular formula is C22H28N2O5. The van der Waals surface area contributed by atoms with E-state index < -0.39 is 24.5 Å². The van der Waals surface area contributed by atoms with Crippen molar-refractivity contribution in [1.82, 2.24) is 4.98 Å². The van der Waals surface area contributed by atoms with Gasteiger partial charge in [-0.2, -0.15) is 0 Å². The molecule has 0 spiro atoms. The number of hydrogen-bond acceptors (Lipinski definition) is 5. The molecule has 0 atom stereocenters. The van der Waals surface area contributed by atoms with Gasteiger partial charge in [0.2, 0.25) is 0 Å². The van der Waals surface area contributed by atoms with Crippen LogP contribution >= 0.6 is 0 Å². The second-order valence-corrected chi connectivity index (χ2v) is 7.17. The van der Waals surface area contributed by atoms with Gasteiger partial charge in [0.15, 0.2) is 6.61 Å². The van der Waals surface area contributed by atoms with Crippen LogP contribution in [-0.4, -0.2) is 35.5 Å². The number of para-hydroxylation sites is 1. The minimum atomic E-state index is -0.704. The van der Waals surface area contributed by atoms with Gasteiger partial charge in [0.25, 0.3) is 5.91 Å². The van der Waals surface area contributed by atoms with Crippen molar-refractivity contribution in [3.05, 3.63) is 51.8 Å². The quantitative estimate of drug-likeness (QED) is 0.688. The standard InChI is InChI=1S/C22H28N2O5/c1-7-16-10-8-9-13(4)19(16)24-17(25)11-28-22(27)20-14(5)18(15(6)23-20)21(26)29-12(2)3/h8-10,12,23H,7,11H2,1-6H3,(H,24,25). The van der Waals surface area contributed by atoms with Crippen LogP contribution in [0.3, 0.4) is 0 Å². The van der Waals surface area contributed by atoms with Gasteiger partial charge in [0.05, 0.1) is 11.7 Å². The van der Waals surface area contributed by atoms with Crippen LogP contribution in [0.4, 0.5) is 5.69 Å². The van der Waals surface area contributed by atoms with Crippen molar-refractivity contribution in [3.63, 3.8) is 0 Å². The first-order valence-corrected chi connectivity index (χ1v) is 9.61. The van der Waals surface area contributed by atoms with Crippen molar-refractivity contribution in [1.29, 1.82) is 0 Å². The lowest BCUT2D eigenvalue weighted by atomic mass is 10.1. The summed E-state index contributed by atoms with van der Waals surface area (Å²) < 4.78 is 10.4. The fourth-order valence-electron chi connectivity index (χ4n) is 3.11. The number of aryl methyl sites for hydroxylation is 3. The van der Waals surface area contributed by atoms with E-state index in [9.17, 15) is 14.4 Å². The molecule has 2 aromatic rings. The summed E-state index contributed by atoms with van der Waals surface area (Å²) in [5.41, 5.74) is 4.07. The Morgan fingerprint density at radius 2 is 1.79 bits per heavy atom. The third kappa shape index (κ3) is 5.25. The second kappa shape index (κ2) is 9.41. The van der Waals surface area contributed by atoms with E-state index in [1.165, 1.54) is 0 Å². The third-order valence-electron chi connectivity index (χ3n) is 4.53. The lowest BCUT2D eigenvalue weighted by molar-refractivity contribution is -0.119. The van der Waals surface area contributed by atoms with Gasteiger partial charge in [-0.1, -0.05) is 25.1 Å². The average Bonchev–Trinajstić information content (AvgIpc) is 2.95. The summed E-state index contributed by atoms with van der Waals surface area (Å²) in [5.74, 6) is -1.64. The van der Waals surface area contributed by atoms with Crippen molar-refractivity contribution < 1.29 is 23.9 Å². The first kappa shape index (κ1) is 22.2. The van der Waals surface area contributed by atoms with Gasteiger partial charge in [0.1, 0.15) is 5.69 Å². The number of aromatic nitrogens is 1. The van der Waals surface area contributed by atoms with Gasteiger partial charge in [-0.3, -0.25) is 4.79 Å². The summed E-state index contributed by atoms with van der Waals surface area (Å²) >= 11 is 0. The van der Waals surface area contributed by atoms with Crippen LogP contribution in [-0.2, 0) is 20.7 Å². The van der Waals surface area contributed by atoms with E-state index >= 15 is 0 Å². The van der Waals surface area contributed by atoms with E-state index in [0.29, 0.717) is 16.8 Å². The zero-order valence-electron chi connectivity index (χ0n) is 17.8. The Morgan fingerprint density at radius 3 is 2.41 bits per heavy atom. The van der Waals surface area contributed by atoms with E-state index in [4.69, 9.17) is 9.47 Å². The number of esters is 2. The van der Waals surface area contributed by atoms with Crippen molar-refractivity contribution in [2.45, 2.75) is 54.1 Å². The molecule has 7 nitrogen and oxygen atoms in total. The smallest absolute Gasteiger partial charge is 0.355 e. The summed E-state index contributed by atoms with van der Waals surface area (Å²) in [6.45, 7) is 10.3. The molecule has 0 saturated carbocycles. The average molecular weight is 400 g/mol. The number of ether oxygens (including phenoxy) is 2. The Hall–Kier alpha value is -3.09. The van der Waals surface area contributed by atoms with E-state index in [2.05, 4.69) is 10.3 Å². The monoisotopic (exact) mass is 400 g/mol. The van der Waals surface area contributed by atoms with Crippen molar-refractivity contribution >= 4 is 23.5 Å². The number of H-pyrrole nitrogens is 1. The topological polar surface area (TPSA) is 97.5 Å². The molecule has 0 bridgehead atoms. The molecule has 7 heteroatoms. The van der Waals surface area contributed by atoms with Gasteiger partial charge < -0.3 is 19.8 Å². The first-order chi connectivity index (χ1) is 13.6. The van der Waals surface area contributed by atoms with Gasteiger partial charge in [-0.15, -0.1) is 0 Å². The lowest BCUT2D eigenvalue weighted by Gasteiger charge is -2.13. The third-order valence-corrected chi connectivity index (χ3v) is 4.53. The highest BCUT2D eigenvalue weighted by molar-refractivity contribution is 6.00. The van der Waals surface area contributed by atoms with Crippen molar-refractivity contribution in [2.75, 3.05) is 11.9 Å². The van der Waals surface area contributed by atoms with Crippen molar-refractivity contribution in [3.8, 4) is 0 Å². The van der Waals surface area contributed by atoms with Crippen LogP contribution in [0.25, 0.3) is 0 Å². The summed E-state index contributed by atoms with van der Waals surface area (Å²) in [5, 5.41) is 2.81. The Kier molecular flexibility index (Phi) is 7.20. The van der Waals surface area contributed by atoms with Gasteiger partial charge in [-0.05, 0) is 57.7 Å². The molecule has 0 fully saturated rings. The molecule has 0 aliphatic rings. The maximum atomic E-state index is 12.4. The number of carbonyl (C=O) groups is 3. The molecule has 2 N–H and O–H groups in total. The Bertz CT molecular complexity index is 928. The van der Waals surface area contributed by atoms with Crippen LogP contribution in [0.15, 0.2) is 18.2 Å². The molecular weight excluding hydrogens is 372 g/mol. The van der Waals surface area contributed by atoms with E-state index in [1.807, 2.05) is 32.0 Å². The number of carbonyl (C=O) groups excluding carboxylic acids is 3. The highest BCUT2D eigenvalue weighted by Crippen LogP contribution is 2.22. The van der Waals surface area contributed by atoms with Crippen LogP contribution in [0.5, 0.6) is 0 Å². The van der Waals surface area contributed by atoms with E-state index in [1.54, 1.807) is 27.7 Å². The Morgan fingerprint density at radius 1 is 1.10 bits per heavy atom. The summed E-state index contributed by atoms with van der Waals surface area (Å²) in [4.78, 5) is 39.8. The zero-order valence-corrected chi connectivity index (χ0v) is 17.8. The minimum absolute atomic E-state index is 0.135. The zero-order chi connectivity index (χ0) is 21.7. The van der Waals surface area contributed by atoms with Gasteiger partial charge in [-0.25, -0.2) is 9.59 Å². The van der Waals surface area contributed by atoms with Gasteiger partial charge in [0, 0.05) is 11.4 Å². The summed E-state index contributed by atoms with van der Waals surface area (Å²) in [7, 11) is 0. The molecule has 0 unspecified atom stereocenters. The normalized spacial score (nSPS) is 10.7. The molecule has 1 amide bonds. The maximum Gasteiger partial charge on any atom is 0.355 e. The highest BCUT2D eigenvalue weighted by atomic mass is 16.5. The van der Waals surface area contributed by atoms with Crippen LogP contribution in [0.2, 0.25) is 0 Å². The van der Waals surface area contributed by atoms with Crippen LogP contribution in [0, 0.1) is 20.8 Å². The number of hydrogen-bond donors (Lipinski definition) is 2. The Balaban J connectivity index is 2.06. The largest absolute Gasteiger partial charge is 0.459 e. The highest BCUT2D eigenvalue weighted by Gasteiger charge is 2.25. The molecule has 0 aliphatic heterocycles. The number of anilines is 1. The SMILES string of the molecule is CCc1cccc(C)c1NC(=O)COC(=O)c1[nH]c(C)c(C(=O)OC(C)C)c1C. The molecule has 2 rings (SSSR count). The lowest BCUT2D eigenvalue weighted by Crippen LogP contribution is -2.22. The van der Waals surface area contributed by atoms with Crippen LogP contribution in [0.1, 0.15) is 64.0 Å². The minimum Gasteiger partial charge on any atom is -0.459 e. The van der Waals surface area contributed by atoms with E-state index in [0.717, 1.165) is 23.2 Å². The fourth-order valence-corrected chi connectivity index (χ4v) is 3.11. The number of benzene rings is 1. The second-order valence-electron chi connectivity index (χ2n) is 7.17. The number of amides is 1. The Labute approximate surface area is 170 Å².